The van der Waals surface area contributed by atoms with Gasteiger partial charge in [-0.15, -0.1) is 0 Å². The summed E-state index contributed by atoms with van der Waals surface area (Å²) in [5.41, 5.74) is 3.72. The Balaban J connectivity index is 1.77. The predicted octanol–water partition coefficient (Wildman–Crippen LogP) is 5.91. The van der Waals surface area contributed by atoms with Crippen LogP contribution in [0.3, 0.4) is 0 Å². The summed E-state index contributed by atoms with van der Waals surface area (Å²) in [6.45, 7) is 4.29. The van der Waals surface area contributed by atoms with Crippen molar-refractivity contribution in [3.63, 3.8) is 0 Å². The van der Waals surface area contributed by atoms with Crippen LogP contribution in [0.4, 0.5) is 5.69 Å². The average Bonchev–Trinajstić information content (AvgIpc) is 3.08. The van der Waals surface area contributed by atoms with Crippen molar-refractivity contribution >= 4 is 38.6 Å². The molecule has 0 radical (unpaired) electrons. The highest BCUT2D eigenvalue weighted by Gasteiger charge is 2.22. The van der Waals surface area contributed by atoms with Gasteiger partial charge >= 0.3 is 0 Å². The van der Waals surface area contributed by atoms with Crippen LogP contribution in [0.5, 0.6) is 0 Å². The van der Waals surface area contributed by atoms with Crippen LogP contribution >= 0.6 is 15.9 Å². The van der Waals surface area contributed by atoms with Crippen molar-refractivity contribution < 1.29 is 4.79 Å². The number of hydrogen-bond donors (Lipinski definition) is 0. The Hall–Kier alpha value is -2.92. The van der Waals surface area contributed by atoms with Crippen molar-refractivity contribution in [1.82, 2.24) is 9.55 Å². The molecule has 5 heteroatoms. The van der Waals surface area contributed by atoms with Gasteiger partial charge in [0.05, 0.1) is 11.0 Å². The molecule has 1 aromatic heterocycles. The Morgan fingerprint density at radius 2 is 1.62 bits per heavy atom. The topological polar surface area (TPSA) is 38.1 Å². The van der Waals surface area contributed by atoms with Crippen molar-refractivity contribution in [2.24, 2.45) is 0 Å². The molecule has 0 fully saturated rings. The number of amides is 1. The minimum Gasteiger partial charge on any atom is -0.314 e. The van der Waals surface area contributed by atoms with Gasteiger partial charge in [-0.3, -0.25) is 4.79 Å². The highest BCUT2D eigenvalue weighted by Crippen LogP contribution is 2.27. The maximum Gasteiger partial charge on any atom is 0.247 e. The first-order chi connectivity index (χ1) is 14.0. The molecule has 0 aliphatic carbocycles. The first-order valence-corrected chi connectivity index (χ1v) is 10.4. The third kappa shape index (κ3) is 3.96. The standard InChI is InChI=1S/C24H22BrN3O/c1-17(2)28(20-8-4-3-5-9-20)23(29)16-27-22-11-7-6-10-21(22)26-24(27)18-12-14-19(25)15-13-18/h3-15,17H,16H2,1-2H3. The Labute approximate surface area is 178 Å². The molecule has 0 saturated carbocycles. The summed E-state index contributed by atoms with van der Waals surface area (Å²) in [4.78, 5) is 20.1. The number of nitrogens with zero attached hydrogens (tertiary/aromatic N) is 3. The molecule has 4 rings (SSSR count). The molecule has 3 aromatic carbocycles. The zero-order valence-electron chi connectivity index (χ0n) is 16.4. The number of halogens is 1. The number of benzene rings is 3. The molecule has 0 N–H and O–H groups in total. The smallest absolute Gasteiger partial charge is 0.247 e. The van der Waals surface area contributed by atoms with Gasteiger partial charge in [0, 0.05) is 21.8 Å². The normalized spacial score (nSPS) is 11.2. The van der Waals surface area contributed by atoms with Crippen LogP contribution < -0.4 is 4.90 Å². The Morgan fingerprint density at radius 1 is 0.966 bits per heavy atom. The Morgan fingerprint density at radius 3 is 2.31 bits per heavy atom. The van der Waals surface area contributed by atoms with Crippen LogP contribution in [0.25, 0.3) is 22.4 Å². The third-order valence-electron chi connectivity index (χ3n) is 4.87. The number of carbonyl (C=O) groups excluding carboxylic acids is 1. The summed E-state index contributed by atoms with van der Waals surface area (Å²) in [6, 6.07) is 25.8. The number of carbonyl (C=O) groups is 1. The number of para-hydroxylation sites is 3. The first kappa shape index (κ1) is 19.4. The van der Waals surface area contributed by atoms with E-state index in [0.29, 0.717) is 0 Å². The van der Waals surface area contributed by atoms with Crippen LogP contribution in [0.15, 0.2) is 83.3 Å². The van der Waals surface area contributed by atoms with Crippen LogP contribution in [0.2, 0.25) is 0 Å². The van der Waals surface area contributed by atoms with Gasteiger partial charge < -0.3 is 9.47 Å². The zero-order valence-corrected chi connectivity index (χ0v) is 18.0. The van der Waals surface area contributed by atoms with E-state index in [1.165, 1.54) is 0 Å². The van der Waals surface area contributed by atoms with Crippen molar-refractivity contribution in [3.8, 4) is 11.4 Å². The molecule has 0 saturated heterocycles. The van der Waals surface area contributed by atoms with Gasteiger partial charge in [-0.1, -0.05) is 58.4 Å². The average molecular weight is 448 g/mol. The zero-order chi connectivity index (χ0) is 20.4. The maximum absolute atomic E-state index is 13.4. The van der Waals surface area contributed by atoms with Crippen molar-refractivity contribution in [1.29, 1.82) is 0 Å². The van der Waals surface area contributed by atoms with Crippen molar-refractivity contribution in [3.05, 3.63) is 83.3 Å². The quantitative estimate of drug-likeness (QED) is 0.381. The summed E-state index contributed by atoms with van der Waals surface area (Å²) in [5, 5.41) is 0. The second-order valence-electron chi connectivity index (χ2n) is 7.21. The van der Waals surface area contributed by atoms with Gasteiger partial charge in [-0.05, 0) is 50.2 Å². The van der Waals surface area contributed by atoms with E-state index < -0.39 is 0 Å². The lowest BCUT2D eigenvalue weighted by atomic mass is 10.2. The molecule has 1 heterocycles. The third-order valence-corrected chi connectivity index (χ3v) is 5.40. The Bertz CT molecular complexity index is 1130. The van der Waals surface area contributed by atoms with Gasteiger partial charge in [-0.2, -0.15) is 0 Å². The molecular weight excluding hydrogens is 426 g/mol. The first-order valence-electron chi connectivity index (χ1n) is 9.63. The largest absolute Gasteiger partial charge is 0.314 e. The van der Waals surface area contributed by atoms with E-state index in [-0.39, 0.29) is 18.5 Å². The number of hydrogen-bond acceptors (Lipinski definition) is 2. The number of aromatic nitrogens is 2. The van der Waals surface area contributed by atoms with Gasteiger partial charge in [0.15, 0.2) is 0 Å². The number of fused-ring (bicyclic) bond motifs is 1. The summed E-state index contributed by atoms with van der Waals surface area (Å²) < 4.78 is 3.02. The van der Waals surface area contributed by atoms with Crippen molar-refractivity contribution in [2.75, 3.05) is 4.90 Å². The van der Waals surface area contributed by atoms with Crippen molar-refractivity contribution in [2.45, 2.75) is 26.4 Å². The van der Waals surface area contributed by atoms with E-state index in [0.717, 1.165) is 32.6 Å². The van der Waals surface area contributed by atoms with E-state index in [1.807, 2.05) is 102 Å². The second-order valence-corrected chi connectivity index (χ2v) is 8.13. The van der Waals surface area contributed by atoms with E-state index in [4.69, 9.17) is 4.98 Å². The molecule has 0 aliphatic rings. The molecule has 0 spiro atoms. The summed E-state index contributed by atoms with van der Waals surface area (Å²) in [5.74, 6) is 0.830. The van der Waals surface area contributed by atoms with Crippen LogP contribution in [0, 0.1) is 0 Å². The van der Waals surface area contributed by atoms with Crippen LogP contribution in [-0.2, 0) is 11.3 Å². The fourth-order valence-corrected chi connectivity index (χ4v) is 3.85. The molecule has 0 atom stereocenters. The highest BCUT2D eigenvalue weighted by molar-refractivity contribution is 9.10. The Kier molecular flexibility index (Phi) is 5.49. The molecule has 146 valence electrons. The van der Waals surface area contributed by atoms with E-state index >= 15 is 0 Å². The fraction of sp³-hybridized carbons (Fsp3) is 0.167. The highest BCUT2D eigenvalue weighted by atomic mass is 79.9. The van der Waals surface area contributed by atoms with E-state index in [9.17, 15) is 4.79 Å². The van der Waals surface area contributed by atoms with Crippen LogP contribution in [0.1, 0.15) is 13.8 Å². The number of rotatable bonds is 5. The van der Waals surface area contributed by atoms with Gasteiger partial charge in [0.1, 0.15) is 12.4 Å². The molecule has 0 aliphatic heterocycles. The number of anilines is 1. The summed E-state index contributed by atoms with van der Waals surface area (Å²) in [6.07, 6.45) is 0. The van der Waals surface area contributed by atoms with Gasteiger partial charge in [0.2, 0.25) is 5.91 Å². The molecule has 0 bridgehead atoms. The monoisotopic (exact) mass is 447 g/mol. The SMILES string of the molecule is CC(C)N(C(=O)Cn1c(-c2ccc(Br)cc2)nc2ccccc21)c1ccccc1. The lowest BCUT2D eigenvalue weighted by Gasteiger charge is -2.27. The summed E-state index contributed by atoms with van der Waals surface area (Å²) in [7, 11) is 0. The predicted molar refractivity (Wildman–Crippen MR) is 122 cm³/mol. The fourth-order valence-electron chi connectivity index (χ4n) is 3.59. The molecule has 4 aromatic rings. The van der Waals surface area contributed by atoms with Gasteiger partial charge in [0.25, 0.3) is 0 Å². The van der Waals surface area contributed by atoms with Gasteiger partial charge in [-0.25, -0.2) is 4.98 Å². The molecular formula is C24H22BrN3O. The second kappa shape index (κ2) is 8.21. The maximum atomic E-state index is 13.4. The van der Waals surface area contributed by atoms with E-state index in [2.05, 4.69) is 15.9 Å². The molecule has 1 amide bonds. The summed E-state index contributed by atoms with van der Waals surface area (Å²) >= 11 is 3.48. The lowest BCUT2D eigenvalue weighted by Crippen LogP contribution is -2.39. The molecule has 29 heavy (non-hydrogen) atoms. The van der Waals surface area contributed by atoms with E-state index in [1.54, 1.807) is 0 Å². The number of imidazole rings is 1. The minimum absolute atomic E-state index is 0.0349. The van der Waals surface area contributed by atoms with Crippen LogP contribution in [-0.4, -0.2) is 21.5 Å². The lowest BCUT2D eigenvalue weighted by molar-refractivity contribution is -0.119. The molecule has 0 unspecified atom stereocenters. The molecule has 4 nitrogen and oxygen atoms in total. The minimum atomic E-state index is 0.0349.